The molecule has 0 bridgehead atoms. The van der Waals surface area contributed by atoms with E-state index in [0.29, 0.717) is 0 Å². The second kappa shape index (κ2) is 10.7. The molecule has 0 amide bonds. The molecule has 1 N–H and O–H groups in total. The molecule has 2 nitrogen and oxygen atoms in total. The third kappa shape index (κ3) is 10.7. The van der Waals surface area contributed by atoms with Crippen LogP contribution in [0.25, 0.3) is 0 Å². The topological polar surface area (TPSA) is 37.3 Å². The van der Waals surface area contributed by atoms with Crippen molar-refractivity contribution >= 4 is 17.7 Å². The van der Waals surface area contributed by atoms with Gasteiger partial charge in [0.25, 0.3) is 0 Å². The van der Waals surface area contributed by atoms with Crippen LogP contribution in [0.1, 0.15) is 67.2 Å². The number of allylic oxidation sites excluding steroid dienone is 5. The average Bonchev–Trinajstić information content (AvgIpc) is 2.37. The van der Waals surface area contributed by atoms with E-state index in [2.05, 4.69) is 45.9 Å². The Hall–Kier alpha value is -0.960. The molecule has 0 fully saturated rings. The van der Waals surface area contributed by atoms with Crippen LogP contribution < -0.4 is 0 Å². The Labute approximate surface area is 140 Å². The van der Waals surface area contributed by atoms with Crippen LogP contribution in [0.5, 0.6) is 0 Å². The van der Waals surface area contributed by atoms with Gasteiger partial charge in [-0.05, 0) is 67.2 Å². The summed E-state index contributed by atoms with van der Waals surface area (Å²) in [4.78, 5) is 11.0. The van der Waals surface area contributed by atoms with Gasteiger partial charge in [0.2, 0.25) is 0 Å². The number of carboxylic acid groups (broad SMARTS) is 1. The maximum Gasteiger partial charge on any atom is 0.319 e. The minimum atomic E-state index is -0.751. The van der Waals surface area contributed by atoms with E-state index < -0.39 is 10.7 Å². The van der Waals surface area contributed by atoms with Gasteiger partial charge in [-0.3, -0.25) is 4.79 Å². The van der Waals surface area contributed by atoms with Gasteiger partial charge in [-0.2, -0.15) is 0 Å². The van der Waals surface area contributed by atoms with Crippen molar-refractivity contribution in [2.75, 3.05) is 5.75 Å². The summed E-state index contributed by atoms with van der Waals surface area (Å²) in [5, 5.41) is 9.06. The van der Waals surface area contributed by atoms with Gasteiger partial charge < -0.3 is 5.11 Å². The van der Waals surface area contributed by atoms with E-state index in [0.717, 1.165) is 31.4 Å². The Balaban J connectivity index is 4.07. The summed E-state index contributed by atoms with van der Waals surface area (Å²) in [6, 6.07) is 0. The predicted octanol–water partition coefficient (Wildman–Crippen LogP) is 6.00. The molecule has 0 aromatic carbocycles. The van der Waals surface area contributed by atoms with Gasteiger partial charge in [0, 0.05) is 5.75 Å². The summed E-state index contributed by atoms with van der Waals surface area (Å²) in [5.74, 6) is 0.00692. The summed E-state index contributed by atoms with van der Waals surface area (Å²) < 4.78 is -0.710. The Morgan fingerprint density at radius 1 is 0.955 bits per heavy atom. The molecule has 0 aromatic heterocycles. The Bertz CT molecular complexity index is 438. The number of hydrogen-bond acceptors (Lipinski definition) is 2. The van der Waals surface area contributed by atoms with Crippen LogP contribution in [0.4, 0.5) is 0 Å². The molecule has 0 saturated heterocycles. The zero-order valence-electron chi connectivity index (χ0n) is 15.0. The molecule has 0 heterocycles. The monoisotopic (exact) mass is 324 g/mol. The van der Waals surface area contributed by atoms with Crippen LogP contribution in [0.15, 0.2) is 34.9 Å². The van der Waals surface area contributed by atoms with Crippen molar-refractivity contribution in [1.82, 2.24) is 0 Å². The summed E-state index contributed by atoms with van der Waals surface area (Å²) >= 11 is 1.47. The standard InChI is InChI=1S/C19H32O2S/c1-15(2)9-7-10-16(3)11-8-12-17(4)13-14-22-19(5,6)18(20)21/h9,11,13H,7-8,10,12,14H2,1-6H3,(H,20,21)/b16-11?,17-13+. The molecule has 0 aromatic rings. The molecule has 0 aliphatic carbocycles. The molecule has 3 heteroatoms. The number of carboxylic acids is 1. The fraction of sp³-hybridized carbons (Fsp3) is 0.632. The Morgan fingerprint density at radius 3 is 1.95 bits per heavy atom. The molecule has 22 heavy (non-hydrogen) atoms. The summed E-state index contributed by atoms with van der Waals surface area (Å²) in [6.45, 7) is 12.1. The lowest BCUT2D eigenvalue weighted by Crippen LogP contribution is -2.27. The summed E-state index contributed by atoms with van der Waals surface area (Å²) in [5.41, 5.74) is 4.17. The fourth-order valence-electron chi connectivity index (χ4n) is 1.79. The van der Waals surface area contributed by atoms with Gasteiger partial charge >= 0.3 is 5.97 Å². The molecular formula is C19H32O2S. The smallest absolute Gasteiger partial charge is 0.319 e. The van der Waals surface area contributed by atoms with Gasteiger partial charge in [0.1, 0.15) is 4.75 Å². The first kappa shape index (κ1) is 21.0. The fourth-order valence-corrected chi connectivity index (χ4v) is 2.70. The number of carbonyl (C=O) groups is 1. The quantitative estimate of drug-likeness (QED) is 0.501. The third-order valence-corrected chi connectivity index (χ3v) is 4.74. The molecule has 0 rings (SSSR count). The lowest BCUT2D eigenvalue weighted by atomic mass is 10.1. The van der Waals surface area contributed by atoms with E-state index >= 15 is 0 Å². The summed E-state index contributed by atoms with van der Waals surface area (Å²) in [7, 11) is 0. The van der Waals surface area contributed by atoms with Crippen LogP contribution in [0.3, 0.4) is 0 Å². The number of aliphatic carboxylic acids is 1. The second-order valence-electron chi connectivity index (χ2n) is 6.59. The largest absolute Gasteiger partial charge is 0.480 e. The molecule has 126 valence electrons. The molecule has 0 radical (unpaired) electrons. The van der Waals surface area contributed by atoms with Crippen LogP contribution in [0, 0.1) is 0 Å². The highest BCUT2D eigenvalue weighted by Crippen LogP contribution is 2.25. The van der Waals surface area contributed by atoms with Crippen LogP contribution in [0.2, 0.25) is 0 Å². The number of hydrogen-bond donors (Lipinski definition) is 1. The van der Waals surface area contributed by atoms with E-state index in [-0.39, 0.29) is 0 Å². The molecule has 0 spiro atoms. The Morgan fingerprint density at radius 2 is 1.45 bits per heavy atom. The lowest BCUT2D eigenvalue weighted by Gasteiger charge is -2.17. The second-order valence-corrected chi connectivity index (χ2v) is 8.23. The molecule has 0 saturated carbocycles. The summed E-state index contributed by atoms with van der Waals surface area (Å²) in [6.07, 6.45) is 11.1. The molecular weight excluding hydrogens is 292 g/mol. The van der Waals surface area contributed by atoms with E-state index in [4.69, 9.17) is 5.11 Å². The highest BCUT2D eigenvalue weighted by Gasteiger charge is 2.26. The highest BCUT2D eigenvalue weighted by molar-refractivity contribution is 8.01. The first-order valence-electron chi connectivity index (χ1n) is 7.97. The minimum Gasteiger partial charge on any atom is -0.480 e. The van der Waals surface area contributed by atoms with Gasteiger partial charge in [0.15, 0.2) is 0 Å². The van der Waals surface area contributed by atoms with Crippen molar-refractivity contribution in [3.63, 3.8) is 0 Å². The molecule has 0 atom stereocenters. The maximum atomic E-state index is 11.0. The van der Waals surface area contributed by atoms with Gasteiger partial charge in [-0.1, -0.05) is 34.9 Å². The Kier molecular flexibility index (Phi) is 10.2. The van der Waals surface area contributed by atoms with Crippen molar-refractivity contribution in [2.45, 2.75) is 72.0 Å². The normalized spacial score (nSPS) is 13.2. The average molecular weight is 325 g/mol. The van der Waals surface area contributed by atoms with Crippen molar-refractivity contribution in [3.05, 3.63) is 34.9 Å². The maximum absolute atomic E-state index is 11.0. The first-order valence-corrected chi connectivity index (χ1v) is 8.95. The highest BCUT2D eigenvalue weighted by atomic mass is 32.2. The predicted molar refractivity (Wildman–Crippen MR) is 99.6 cm³/mol. The van der Waals surface area contributed by atoms with Crippen molar-refractivity contribution in [1.29, 1.82) is 0 Å². The molecule has 0 aliphatic rings. The van der Waals surface area contributed by atoms with E-state index in [1.807, 2.05) is 0 Å². The van der Waals surface area contributed by atoms with Crippen molar-refractivity contribution in [3.8, 4) is 0 Å². The van der Waals surface area contributed by atoms with Gasteiger partial charge in [-0.25, -0.2) is 0 Å². The third-order valence-electron chi connectivity index (χ3n) is 3.51. The zero-order valence-corrected chi connectivity index (χ0v) is 15.8. The molecule has 0 aliphatic heterocycles. The number of rotatable bonds is 10. The first-order chi connectivity index (χ1) is 10.1. The van der Waals surface area contributed by atoms with Crippen LogP contribution >= 0.6 is 11.8 Å². The van der Waals surface area contributed by atoms with Crippen LogP contribution in [-0.4, -0.2) is 21.6 Å². The van der Waals surface area contributed by atoms with Gasteiger partial charge in [0.05, 0.1) is 0 Å². The zero-order chi connectivity index (χ0) is 17.2. The van der Waals surface area contributed by atoms with E-state index in [1.54, 1.807) is 13.8 Å². The van der Waals surface area contributed by atoms with Gasteiger partial charge in [-0.15, -0.1) is 11.8 Å². The van der Waals surface area contributed by atoms with Crippen LogP contribution in [-0.2, 0) is 4.79 Å². The lowest BCUT2D eigenvalue weighted by molar-refractivity contribution is -0.138. The SMILES string of the molecule is CC(C)=CCCC(C)=CCC/C(C)=C/CSC(C)(C)C(=O)O. The minimum absolute atomic E-state index is 0.710. The van der Waals surface area contributed by atoms with E-state index in [1.165, 1.54) is 28.5 Å². The molecule has 0 unspecified atom stereocenters. The number of thioether (sulfide) groups is 1. The van der Waals surface area contributed by atoms with E-state index in [9.17, 15) is 4.79 Å². The van der Waals surface area contributed by atoms with Crippen molar-refractivity contribution < 1.29 is 9.90 Å². The van der Waals surface area contributed by atoms with Crippen molar-refractivity contribution in [2.24, 2.45) is 0 Å².